The third-order valence-electron chi connectivity index (χ3n) is 13.2. The number of ether oxygens (including phenoxy) is 2. The first-order chi connectivity index (χ1) is 28.9. The first-order valence-electron chi connectivity index (χ1n) is 21.0. The Hall–Kier alpha value is -4.10. The molecule has 4 aliphatic heterocycles. The highest BCUT2D eigenvalue weighted by atomic mass is 16.6. The molecule has 10 atom stereocenters. The number of aliphatic hydroxyl groups excluding tert-OH is 6. The summed E-state index contributed by atoms with van der Waals surface area (Å²) in [5, 5.41) is 69.8. The maximum atomic E-state index is 10.9. The van der Waals surface area contributed by atoms with Crippen molar-refractivity contribution in [2.24, 2.45) is 0 Å². The Morgan fingerprint density at radius 1 is 0.600 bits per heavy atom. The summed E-state index contributed by atoms with van der Waals surface area (Å²) in [5.41, 5.74) is 1.94. The number of nitrogens with zero attached hydrogens (tertiary/aromatic N) is 12. The maximum Gasteiger partial charge on any atom is 0.229 e. The van der Waals surface area contributed by atoms with Gasteiger partial charge < -0.3 is 70.3 Å². The van der Waals surface area contributed by atoms with Crippen LogP contribution in [0.1, 0.15) is 51.0 Å². The zero-order chi connectivity index (χ0) is 42.0. The molecule has 328 valence electrons. The van der Waals surface area contributed by atoms with Gasteiger partial charge in [0, 0.05) is 50.3 Å². The minimum absolute atomic E-state index is 0.0563. The molecule has 8 N–H and O–H groups in total. The standard InChI is InChI=1S/C38H58N14O8/c1-47(2)21-9-11-49(13-21)37-43-31(25-33(45-37)51(17-39-25)35-29(57)27(55)23(15-53)59-35)41-19-5-7-20(8-6-19)42-32-26-34(46-38(44-32)50-12-10-22(14-50)48(3)4)52(18-40-26)36-30(58)28(56)24(16-54)60-36/h17-24,27-30,35-36,53-58H,5-16H2,1-4H3,(H,41,43,45)(H,42,44,46)/t19?,20?,21-,22-,23-,24-,27-,28-,29-,30-,35-,36-/m1/s1. The highest BCUT2D eigenvalue weighted by Gasteiger charge is 2.46. The van der Waals surface area contributed by atoms with Crippen LogP contribution in [0.15, 0.2) is 12.7 Å². The highest BCUT2D eigenvalue weighted by molar-refractivity contribution is 5.85. The van der Waals surface area contributed by atoms with Crippen molar-refractivity contribution in [3.05, 3.63) is 12.7 Å². The molecule has 4 aromatic heterocycles. The van der Waals surface area contributed by atoms with Crippen molar-refractivity contribution in [3.63, 3.8) is 0 Å². The van der Waals surface area contributed by atoms with E-state index in [0.717, 1.165) is 64.7 Å². The van der Waals surface area contributed by atoms with Gasteiger partial charge in [-0.3, -0.25) is 9.13 Å². The Morgan fingerprint density at radius 3 is 1.33 bits per heavy atom. The second-order valence-electron chi connectivity index (χ2n) is 17.4. The van der Waals surface area contributed by atoms with E-state index < -0.39 is 62.3 Å². The van der Waals surface area contributed by atoms with Crippen LogP contribution < -0.4 is 20.4 Å². The Kier molecular flexibility index (Phi) is 11.4. The molecule has 9 rings (SSSR count). The van der Waals surface area contributed by atoms with E-state index in [1.165, 1.54) is 12.7 Å². The normalized spacial score (nSPS) is 33.7. The molecule has 0 aromatic carbocycles. The fraction of sp³-hybridized carbons (Fsp3) is 0.737. The molecule has 5 aliphatic rings. The number of aliphatic hydroxyl groups is 6. The zero-order valence-corrected chi connectivity index (χ0v) is 34.4. The summed E-state index contributed by atoms with van der Waals surface area (Å²) in [4.78, 5) is 38.0. The van der Waals surface area contributed by atoms with E-state index >= 15 is 0 Å². The van der Waals surface area contributed by atoms with Crippen LogP contribution in [-0.4, -0.2) is 208 Å². The van der Waals surface area contributed by atoms with Gasteiger partial charge in [-0.1, -0.05) is 0 Å². The van der Waals surface area contributed by atoms with Crippen LogP contribution in [0.2, 0.25) is 0 Å². The third kappa shape index (κ3) is 7.49. The van der Waals surface area contributed by atoms with Crippen molar-refractivity contribution in [2.45, 2.75) is 112 Å². The SMILES string of the molecule is CN(C)[C@@H]1CCN(c2nc(NC3CCC(Nc4nc(N5CC[C@@H](N(C)C)C5)nc5c4ncn5[C@@H]4O[C@H](CO)[C@@H](O)[C@H]4O)CC3)c3ncn([C@@H]4O[C@H](CO)[C@@H](O)[C@H]4O)c3n2)C1. The van der Waals surface area contributed by atoms with Crippen molar-refractivity contribution in [1.82, 2.24) is 48.8 Å². The molecule has 0 spiro atoms. The molecule has 22 nitrogen and oxygen atoms in total. The van der Waals surface area contributed by atoms with Crippen LogP contribution in [-0.2, 0) is 9.47 Å². The molecule has 4 saturated heterocycles. The average molecular weight is 839 g/mol. The van der Waals surface area contributed by atoms with E-state index in [4.69, 9.17) is 29.4 Å². The summed E-state index contributed by atoms with van der Waals surface area (Å²) in [6, 6.07) is 0.796. The summed E-state index contributed by atoms with van der Waals surface area (Å²) in [6.07, 6.45) is -0.781. The topological polar surface area (TPSA) is 264 Å². The van der Waals surface area contributed by atoms with E-state index in [-0.39, 0.29) is 12.1 Å². The molecule has 0 radical (unpaired) electrons. The van der Waals surface area contributed by atoms with E-state index in [0.29, 0.717) is 57.9 Å². The number of hydrogen-bond donors (Lipinski definition) is 8. The van der Waals surface area contributed by atoms with Gasteiger partial charge in [-0.05, 0) is 66.7 Å². The quantitative estimate of drug-likeness (QED) is 0.0791. The second kappa shape index (κ2) is 16.6. The van der Waals surface area contributed by atoms with Crippen molar-refractivity contribution < 1.29 is 40.1 Å². The summed E-state index contributed by atoms with van der Waals surface area (Å²) < 4.78 is 15.0. The van der Waals surface area contributed by atoms with Crippen LogP contribution in [0.4, 0.5) is 23.5 Å². The van der Waals surface area contributed by atoms with Crippen LogP contribution >= 0.6 is 0 Å². The van der Waals surface area contributed by atoms with Crippen molar-refractivity contribution >= 4 is 45.9 Å². The molecule has 0 amide bonds. The molecule has 22 heteroatoms. The van der Waals surface area contributed by atoms with Gasteiger partial charge in [-0.25, -0.2) is 9.97 Å². The number of aromatic nitrogens is 8. The Morgan fingerprint density at radius 2 is 1.00 bits per heavy atom. The lowest BCUT2D eigenvalue weighted by Crippen LogP contribution is -2.34. The number of imidazole rings is 2. The van der Waals surface area contributed by atoms with Crippen LogP contribution in [0.3, 0.4) is 0 Å². The van der Waals surface area contributed by atoms with Gasteiger partial charge >= 0.3 is 0 Å². The number of likely N-dealkylation sites (N-methyl/N-ethyl adjacent to an activating group) is 2. The largest absolute Gasteiger partial charge is 0.394 e. The van der Waals surface area contributed by atoms with E-state index in [2.05, 4.69) is 68.4 Å². The molecular formula is C38H58N14O8. The van der Waals surface area contributed by atoms with Crippen LogP contribution in [0.25, 0.3) is 22.3 Å². The minimum Gasteiger partial charge on any atom is -0.394 e. The van der Waals surface area contributed by atoms with Crippen molar-refractivity contribution in [1.29, 1.82) is 0 Å². The van der Waals surface area contributed by atoms with E-state index in [9.17, 15) is 30.6 Å². The fourth-order valence-corrected chi connectivity index (χ4v) is 9.35. The summed E-state index contributed by atoms with van der Waals surface area (Å²) in [6.45, 7) is 2.17. The first-order valence-corrected chi connectivity index (χ1v) is 21.0. The van der Waals surface area contributed by atoms with Gasteiger partial charge in [0.25, 0.3) is 0 Å². The third-order valence-corrected chi connectivity index (χ3v) is 13.2. The predicted molar refractivity (Wildman–Crippen MR) is 219 cm³/mol. The predicted octanol–water partition coefficient (Wildman–Crippen LogP) is -1.70. The molecule has 1 aliphatic carbocycles. The summed E-state index contributed by atoms with van der Waals surface area (Å²) >= 11 is 0. The van der Waals surface area contributed by atoms with Gasteiger partial charge in [-0.2, -0.15) is 19.9 Å². The molecule has 0 unspecified atom stereocenters. The lowest BCUT2D eigenvalue weighted by Gasteiger charge is -2.31. The van der Waals surface area contributed by atoms with Crippen molar-refractivity contribution in [2.75, 3.05) is 88.0 Å². The van der Waals surface area contributed by atoms with Gasteiger partial charge in [0.2, 0.25) is 11.9 Å². The Labute approximate surface area is 346 Å². The van der Waals surface area contributed by atoms with Crippen LogP contribution in [0, 0.1) is 0 Å². The average Bonchev–Trinajstić information content (AvgIpc) is 4.11. The number of nitrogens with one attached hydrogen (secondary N) is 2. The van der Waals surface area contributed by atoms with Gasteiger partial charge in [0.05, 0.1) is 25.9 Å². The Balaban J connectivity index is 0.957. The maximum absolute atomic E-state index is 10.9. The number of anilines is 4. The number of fused-ring (bicyclic) bond motifs is 2. The number of hydrogen-bond acceptors (Lipinski definition) is 20. The van der Waals surface area contributed by atoms with Crippen molar-refractivity contribution in [3.8, 4) is 0 Å². The smallest absolute Gasteiger partial charge is 0.229 e. The first kappa shape index (κ1) is 41.3. The Bertz CT molecular complexity index is 1980. The van der Waals surface area contributed by atoms with E-state index in [1.54, 1.807) is 9.13 Å². The molecule has 1 saturated carbocycles. The van der Waals surface area contributed by atoms with Gasteiger partial charge in [0.1, 0.15) is 36.6 Å². The zero-order valence-electron chi connectivity index (χ0n) is 34.4. The molecule has 8 heterocycles. The minimum atomic E-state index is -1.29. The summed E-state index contributed by atoms with van der Waals surface area (Å²) in [5.74, 6) is 2.22. The lowest BCUT2D eigenvalue weighted by atomic mass is 9.91. The summed E-state index contributed by atoms with van der Waals surface area (Å²) in [7, 11) is 8.26. The van der Waals surface area contributed by atoms with Gasteiger partial charge in [-0.15, -0.1) is 0 Å². The highest BCUT2D eigenvalue weighted by Crippen LogP contribution is 2.37. The van der Waals surface area contributed by atoms with Gasteiger partial charge in [0.15, 0.2) is 46.4 Å². The fourth-order valence-electron chi connectivity index (χ4n) is 9.35. The molecule has 60 heavy (non-hydrogen) atoms. The lowest BCUT2D eigenvalue weighted by molar-refractivity contribution is -0.0511. The molecule has 0 bridgehead atoms. The van der Waals surface area contributed by atoms with E-state index in [1.807, 2.05) is 0 Å². The molecule has 4 aromatic rings. The molecular weight excluding hydrogens is 781 g/mol. The second-order valence-corrected chi connectivity index (χ2v) is 17.4. The molecule has 5 fully saturated rings. The number of rotatable bonds is 12. The van der Waals surface area contributed by atoms with Crippen LogP contribution in [0.5, 0.6) is 0 Å². The monoisotopic (exact) mass is 838 g/mol.